The second-order valence-corrected chi connectivity index (χ2v) is 8.26. The summed E-state index contributed by atoms with van der Waals surface area (Å²) in [7, 11) is 0. The Morgan fingerprint density at radius 1 is 0.562 bits per heavy atom. The molecule has 0 aliphatic rings. The third-order valence-corrected chi connectivity index (χ3v) is 4.05. The monoisotopic (exact) mass is 248 g/mol. The first-order chi connectivity index (χ1) is 6.79. The Morgan fingerprint density at radius 3 is 0.875 bits per heavy atom. The molecule has 0 N–H and O–H groups in total. The highest BCUT2D eigenvalue weighted by molar-refractivity contribution is 6.36. The zero-order valence-corrected chi connectivity index (χ0v) is 13.5. The highest BCUT2D eigenvalue weighted by atomic mass is 27.3. The average molecular weight is 248 g/mol. The minimum Gasteiger partial charge on any atom is -0.450 e. The van der Waals surface area contributed by atoms with Crippen LogP contribution in [-0.2, 0) is 11.4 Å². The summed E-state index contributed by atoms with van der Waals surface area (Å²) >= 11 is -2.11. The van der Waals surface area contributed by atoms with Crippen molar-refractivity contribution in [1.29, 1.82) is 0 Å². The van der Waals surface area contributed by atoms with Crippen LogP contribution in [0.1, 0.15) is 63.7 Å². The summed E-state index contributed by atoms with van der Waals surface area (Å²) < 4.78 is 17.7. The fourth-order valence-corrected chi connectivity index (χ4v) is 2.81. The highest BCUT2D eigenvalue weighted by Gasteiger charge is 2.42. The lowest BCUT2D eigenvalue weighted by atomic mass is 10.2. The second-order valence-electron chi connectivity index (χ2n) is 6.98. The standard InChI is InChI=1S/3C4H9O.Al.H2/c3*1-4(2,3)5;;/h3*1-3H3;;1H/q3*-1;+3;. The molecule has 0 saturated heterocycles. The van der Waals surface area contributed by atoms with Crippen LogP contribution in [0.15, 0.2) is 0 Å². The normalized spacial score (nSPS) is 14.1. The third kappa shape index (κ3) is 10.9. The first-order valence-electron chi connectivity index (χ1n) is 5.82. The Bertz CT molecular complexity index is 175. The summed E-state index contributed by atoms with van der Waals surface area (Å²) in [5.74, 6) is 0. The van der Waals surface area contributed by atoms with E-state index in [0.29, 0.717) is 0 Å². The van der Waals surface area contributed by atoms with E-state index in [1.807, 2.05) is 62.3 Å². The Kier molecular flexibility index (Phi) is 5.51. The predicted octanol–water partition coefficient (Wildman–Crippen LogP) is 3.66. The SMILES string of the molecule is CC(C)(C)[O][Al]([O]C(C)(C)C)[O]C(C)(C)C.[HH]. The van der Waals surface area contributed by atoms with Crippen molar-refractivity contribution in [3.05, 3.63) is 0 Å². The minimum atomic E-state index is -2.11. The van der Waals surface area contributed by atoms with Crippen LogP contribution in [0.3, 0.4) is 0 Å². The van der Waals surface area contributed by atoms with Gasteiger partial charge in [0.15, 0.2) is 0 Å². The van der Waals surface area contributed by atoms with E-state index in [1.165, 1.54) is 0 Å². The number of rotatable bonds is 3. The predicted molar refractivity (Wildman–Crippen MR) is 70.4 cm³/mol. The smallest absolute Gasteiger partial charge is 0.450 e. The van der Waals surface area contributed by atoms with Crippen LogP contribution in [-0.4, -0.2) is 32.0 Å². The second kappa shape index (κ2) is 5.37. The van der Waals surface area contributed by atoms with Crippen LogP contribution in [0.2, 0.25) is 0 Å². The molecule has 0 aliphatic carbocycles. The zero-order valence-electron chi connectivity index (χ0n) is 12.3. The molecule has 3 nitrogen and oxygen atoms in total. The van der Waals surface area contributed by atoms with Crippen LogP contribution >= 0.6 is 0 Å². The first-order valence-corrected chi connectivity index (χ1v) is 7.23. The Balaban J connectivity index is 0. The van der Waals surface area contributed by atoms with Crippen LogP contribution < -0.4 is 0 Å². The molecule has 0 aromatic heterocycles. The molecule has 0 bridgehead atoms. The molecule has 0 heterocycles. The summed E-state index contributed by atoms with van der Waals surface area (Å²) in [6, 6.07) is 0. The van der Waals surface area contributed by atoms with Crippen molar-refractivity contribution in [2.24, 2.45) is 0 Å². The molecule has 0 amide bonds. The lowest BCUT2D eigenvalue weighted by molar-refractivity contribution is -0.0503. The Morgan fingerprint density at radius 2 is 0.750 bits per heavy atom. The molecule has 98 valence electrons. The van der Waals surface area contributed by atoms with E-state index in [4.69, 9.17) is 11.4 Å². The van der Waals surface area contributed by atoms with Crippen molar-refractivity contribution < 1.29 is 12.8 Å². The van der Waals surface area contributed by atoms with E-state index in [0.717, 1.165) is 0 Å². The van der Waals surface area contributed by atoms with E-state index in [-0.39, 0.29) is 18.2 Å². The zero-order chi connectivity index (χ0) is 13.2. The van der Waals surface area contributed by atoms with Crippen molar-refractivity contribution in [2.45, 2.75) is 79.1 Å². The van der Waals surface area contributed by atoms with Crippen LogP contribution in [0, 0.1) is 0 Å². The number of hydrogen-bond acceptors (Lipinski definition) is 3. The minimum absolute atomic E-state index is 0. The van der Waals surface area contributed by atoms with E-state index in [9.17, 15) is 0 Å². The fraction of sp³-hybridized carbons (Fsp3) is 1.00. The molecule has 0 saturated carbocycles. The van der Waals surface area contributed by atoms with Crippen LogP contribution in [0.5, 0.6) is 0 Å². The van der Waals surface area contributed by atoms with Crippen molar-refractivity contribution in [2.75, 3.05) is 0 Å². The molecular formula is C12H29AlO3. The Hall–Kier alpha value is 0.412. The van der Waals surface area contributed by atoms with Gasteiger partial charge in [-0.05, 0) is 62.3 Å². The molecule has 0 atom stereocenters. The maximum Gasteiger partial charge on any atom is 0.906 e. The average Bonchev–Trinajstić information content (AvgIpc) is 1.70. The lowest BCUT2D eigenvalue weighted by Crippen LogP contribution is -2.44. The van der Waals surface area contributed by atoms with Gasteiger partial charge >= 0.3 is 15.1 Å². The van der Waals surface area contributed by atoms with Gasteiger partial charge in [-0.3, -0.25) is 0 Å². The molecular weight excluding hydrogens is 219 g/mol. The van der Waals surface area contributed by atoms with Gasteiger partial charge < -0.3 is 11.4 Å². The summed E-state index contributed by atoms with van der Waals surface area (Å²) in [4.78, 5) is 0. The number of hydrogen-bond donors (Lipinski definition) is 0. The molecule has 4 heteroatoms. The van der Waals surface area contributed by atoms with Gasteiger partial charge in [0, 0.05) is 18.2 Å². The van der Waals surface area contributed by atoms with Crippen LogP contribution in [0.25, 0.3) is 0 Å². The highest BCUT2D eigenvalue weighted by Crippen LogP contribution is 2.20. The maximum absolute atomic E-state index is 5.88. The molecule has 0 rings (SSSR count). The van der Waals surface area contributed by atoms with Gasteiger partial charge in [0.1, 0.15) is 0 Å². The molecule has 16 heavy (non-hydrogen) atoms. The fourth-order valence-electron chi connectivity index (χ4n) is 0.938. The molecule has 0 radical (unpaired) electrons. The van der Waals surface area contributed by atoms with Gasteiger partial charge in [-0.25, -0.2) is 0 Å². The van der Waals surface area contributed by atoms with Crippen molar-refractivity contribution in [3.8, 4) is 0 Å². The largest absolute Gasteiger partial charge is 0.906 e. The van der Waals surface area contributed by atoms with E-state index in [2.05, 4.69) is 0 Å². The summed E-state index contributed by atoms with van der Waals surface area (Å²) in [5, 5.41) is 0. The van der Waals surface area contributed by atoms with Gasteiger partial charge in [-0.15, -0.1) is 0 Å². The molecule has 0 aliphatic heterocycles. The first kappa shape index (κ1) is 16.4. The molecule has 0 fully saturated rings. The summed E-state index contributed by atoms with van der Waals surface area (Å²) in [6.07, 6.45) is 0. The maximum atomic E-state index is 5.88. The van der Waals surface area contributed by atoms with E-state index >= 15 is 0 Å². The summed E-state index contributed by atoms with van der Waals surface area (Å²) in [6.45, 7) is 18.2. The molecule has 0 aromatic rings. The summed E-state index contributed by atoms with van der Waals surface area (Å²) in [5.41, 5.74) is -0.686. The van der Waals surface area contributed by atoms with Gasteiger partial charge in [-0.2, -0.15) is 0 Å². The van der Waals surface area contributed by atoms with Gasteiger partial charge in [0.05, 0.1) is 0 Å². The Labute approximate surface area is 107 Å². The van der Waals surface area contributed by atoms with Gasteiger partial charge in [0.2, 0.25) is 0 Å². The molecule has 0 unspecified atom stereocenters. The van der Waals surface area contributed by atoms with Gasteiger partial charge in [0.25, 0.3) is 0 Å². The van der Waals surface area contributed by atoms with Crippen LogP contribution in [0.4, 0.5) is 0 Å². The third-order valence-electron chi connectivity index (χ3n) is 1.35. The lowest BCUT2D eigenvalue weighted by Gasteiger charge is -2.33. The molecule has 0 aromatic carbocycles. The van der Waals surface area contributed by atoms with Crippen molar-refractivity contribution >= 4 is 15.1 Å². The quantitative estimate of drug-likeness (QED) is 0.713. The molecule has 0 spiro atoms. The van der Waals surface area contributed by atoms with E-state index in [1.54, 1.807) is 0 Å². The van der Waals surface area contributed by atoms with Crippen molar-refractivity contribution in [1.82, 2.24) is 0 Å². The van der Waals surface area contributed by atoms with Gasteiger partial charge in [-0.1, -0.05) is 0 Å². The van der Waals surface area contributed by atoms with Crippen molar-refractivity contribution in [3.63, 3.8) is 0 Å². The topological polar surface area (TPSA) is 27.7 Å². The van der Waals surface area contributed by atoms with E-state index < -0.39 is 15.1 Å².